The third-order valence-corrected chi connectivity index (χ3v) is 5.52. The number of nitrogens with zero attached hydrogens (tertiary/aromatic N) is 4. The van der Waals surface area contributed by atoms with Gasteiger partial charge in [0.1, 0.15) is 5.82 Å². The monoisotopic (exact) mass is 452 g/mol. The van der Waals surface area contributed by atoms with Crippen LogP contribution in [0.3, 0.4) is 0 Å². The molecule has 0 atom stereocenters. The van der Waals surface area contributed by atoms with Crippen LogP contribution in [0.4, 0.5) is 10.1 Å². The van der Waals surface area contributed by atoms with E-state index < -0.39 is 0 Å². The molecule has 0 spiro atoms. The van der Waals surface area contributed by atoms with Gasteiger partial charge in [-0.2, -0.15) is 5.10 Å². The van der Waals surface area contributed by atoms with Gasteiger partial charge in [0.05, 0.1) is 18.0 Å². The van der Waals surface area contributed by atoms with Gasteiger partial charge in [0, 0.05) is 12.2 Å². The van der Waals surface area contributed by atoms with Crippen LogP contribution in [0.25, 0.3) is 0 Å². The average Bonchev–Trinajstić information content (AvgIpc) is 3.18. The number of carbonyl (C=O) groups is 1. The van der Waals surface area contributed by atoms with Crippen LogP contribution in [-0.4, -0.2) is 32.1 Å². The number of allylic oxidation sites excluding steroid dienone is 1. The van der Waals surface area contributed by atoms with E-state index in [4.69, 9.17) is 0 Å². The maximum absolute atomic E-state index is 13.0. The van der Waals surface area contributed by atoms with Crippen molar-refractivity contribution in [2.75, 3.05) is 11.1 Å². The average molecular weight is 453 g/mol. The highest BCUT2D eigenvalue weighted by Gasteiger charge is 2.13. The molecule has 32 heavy (non-hydrogen) atoms. The fourth-order valence-corrected chi connectivity index (χ4v) is 3.54. The summed E-state index contributed by atoms with van der Waals surface area (Å²) in [5.74, 6) is 0.280. The van der Waals surface area contributed by atoms with Crippen LogP contribution in [0.1, 0.15) is 23.9 Å². The number of aryl methyl sites for hydroxylation is 1. The Morgan fingerprint density at radius 1 is 1.19 bits per heavy atom. The molecule has 0 radical (unpaired) electrons. The molecule has 2 N–H and O–H groups in total. The first-order valence-corrected chi connectivity index (χ1v) is 11.0. The first kappa shape index (κ1) is 23.2. The molecule has 166 valence electrons. The Balaban J connectivity index is 1.57. The molecule has 0 unspecified atom stereocenters. The van der Waals surface area contributed by atoms with Crippen molar-refractivity contribution in [2.45, 2.75) is 32.1 Å². The fraction of sp³-hybridized carbons (Fsp3) is 0.217. The summed E-state index contributed by atoms with van der Waals surface area (Å²) >= 11 is 1.27. The Labute approximate surface area is 190 Å². The zero-order valence-corrected chi connectivity index (χ0v) is 18.8. The maximum Gasteiger partial charge on any atom is 0.250 e. The van der Waals surface area contributed by atoms with E-state index >= 15 is 0 Å². The van der Waals surface area contributed by atoms with Gasteiger partial charge >= 0.3 is 0 Å². The van der Waals surface area contributed by atoms with Gasteiger partial charge in [-0.15, -0.1) is 16.8 Å². The first-order chi connectivity index (χ1) is 15.5. The SMILES string of the molecule is C=CCn1c(CNc2ccc(C)cc2)nnc1SCC(=O)NN=C(C)c1ccc(F)cc1. The molecule has 1 aromatic heterocycles. The molecule has 1 amide bonds. The van der Waals surface area contributed by atoms with E-state index in [2.05, 4.69) is 32.6 Å². The van der Waals surface area contributed by atoms with E-state index in [1.54, 1.807) is 25.1 Å². The number of nitrogens with one attached hydrogen (secondary N) is 2. The van der Waals surface area contributed by atoms with Crippen LogP contribution in [-0.2, 0) is 17.9 Å². The van der Waals surface area contributed by atoms with Gasteiger partial charge in [-0.3, -0.25) is 4.79 Å². The molecule has 0 bridgehead atoms. The van der Waals surface area contributed by atoms with Gasteiger partial charge in [0.15, 0.2) is 11.0 Å². The molecule has 0 aliphatic carbocycles. The third-order valence-electron chi connectivity index (χ3n) is 4.55. The Morgan fingerprint density at radius 3 is 2.59 bits per heavy atom. The molecule has 0 aliphatic rings. The maximum atomic E-state index is 13.0. The lowest BCUT2D eigenvalue weighted by molar-refractivity contribution is -0.118. The topological polar surface area (TPSA) is 84.2 Å². The number of rotatable bonds is 10. The number of benzene rings is 2. The summed E-state index contributed by atoms with van der Waals surface area (Å²) in [5, 5.41) is 16.5. The predicted molar refractivity (Wildman–Crippen MR) is 126 cm³/mol. The van der Waals surface area contributed by atoms with Crippen LogP contribution < -0.4 is 10.7 Å². The smallest absolute Gasteiger partial charge is 0.250 e. The summed E-state index contributed by atoms with van der Waals surface area (Å²) in [5.41, 5.74) is 6.02. The van der Waals surface area contributed by atoms with Crippen LogP contribution in [0.5, 0.6) is 0 Å². The summed E-state index contributed by atoms with van der Waals surface area (Å²) in [4.78, 5) is 12.2. The molecule has 0 aliphatic heterocycles. The fourth-order valence-electron chi connectivity index (χ4n) is 2.79. The second-order valence-corrected chi connectivity index (χ2v) is 7.99. The minimum absolute atomic E-state index is 0.126. The van der Waals surface area contributed by atoms with E-state index in [1.165, 1.54) is 29.5 Å². The van der Waals surface area contributed by atoms with Crippen molar-refractivity contribution < 1.29 is 9.18 Å². The van der Waals surface area contributed by atoms with Crippen molar-refractivity contribution in [3.05, 3.63) is 84.0 Å². The number of amides is 1. The molecule has 3 aromatic rings. The summed E-state index contributed by atoms with van der Waals surface area (Å²) in [7, 11) is 0. The highest BCUT2D eigenvalue weighted by molar-refractivity contribution is 7.99. The number of hydrogen-bond donors (Lipinski definition) is 2. The number of aromatic nitrogens is 3. The van der Waals surface area contributed by atoms with Crippen molar-refractivity contribution in [2.24, 2.45) is 5.10 Å². The first-order valence-electron chi connectivity index (χ1n) is 10.0. The van der Waals surface area contributed by atoms with Gasteiger partial charge in [0.2, 0.25) is 0 Å². The molecule has 9 heteroatoms. The highest BCUT2D eigenvalue weighted by atomic mass is 32.2. The number of anilines is 1. The van der Waals surface area contributed by atoms with Crippen molar-refractivity contribution >= 4 is 29.1 Å². The number of thioether (sulfide) groups is 1. The summed E-state index contributed by atoms with van der Waals surface area (Å²) in [6.07, 6.45) is 1.76. The summed E-state index contributed by atoms with van der Waals surface area (Å²) in [6.45, 7) is 8.61. The van der Waals surface area contributed by atoms with Crippen LogP contribution >= 0.6 is 11.8 Å². The largest absolute Gasteiger partial charge is 0.378 e. The summed E-state index contributed by atoms with van der Waals surface area (Å²) < 4.78 is 14.9. The third kappa shape index (κ3) is 6.52. The molecule has 0 saturated carbocycles. The lowest BCUT2D eigenvalue weighted by atomic mass is 10.1. The lowest BCUT2D eigenvalue weighted by Crippen LogP contribution is -2.21. The quantitative estimate of drug-likeness (QED) is 0.209. The van der Waals surface area contributed by atoms with Crippen LogP contribution in [0, 0.1) is 12.7 Å². The second kappa shape index (κ2) is 11.2. The second-order valence-electron chi connectivity index (χ2n) is 7.05. The molecule has 2 aromatic carbocycles. The van der Waals surface area contributed by atoms with Crippen molar-refractivity contribution in [1.82, 2.24) is 20.2 Å². The minimum Gasteiger partial charge on any atom is -0.378 e. The Hall–Kier alpha value is -3.46. The number of hydrazone groups is 1. The molecule has 0 saturated heterocycles. The molecular weight excluding hydrogens is 427 g/mol. The van der Waals surface area contributed by atoms with Crippen LogP contribution in [0.2, 0.25) is 0 Å². The van der Waals surface area contributed by atoms with E-state index in [9.17, 15) is 9.18 Å². The zero-order chi connectivity index (χ0) is 22.9. The number of hydrogen-bond acceptors (Lipinski definition) is 6. The predicted octanol–water partition coefficient (Wildman–Crippen LogP) is 4.16. The van der Waals surface area contributed by atoms with Crippen LogP contribution in [0.15, 0.2) is 71.4 Å². The standard InChI is InChI=1S/C23H25FN6OS/c1-4-13-30-21(14-25-20-11-5-16(2)6-12-20)27-29-23(30)32-15-22(31)28-26-17(3)18-7-9-19(24)10-8-18/h4-12,25H,1,13-15H2,2-3H3,(H,28,31). The summed E-state index contributed by atoms with van der Waals surface area (Å²) in [6, 6.07) is 14.0. The Bertz CT molecular complexity index is 1090. The molecule has 7 nitrogen and oxygen atoms in total. The van der Waals surface area contributed by atoms with E-state index in [0.29, 0.717) is 24.0 Å². The molecular formula is C23H25FN6OS. The minimum atomic E-state index is -0.320. The number of carbonyl (C=O) groups excluding carboxylic acids is 1. The Kier molecular flexibility index (Phi) is 8.15. The van der Waals surface area contributed by atoms with Gasteiger partial charge in [-0.25, -0.2) is 9.82 Å². The van der Waals surface area contributed by atoms with Crippen molar-refractivity contribution in [3.63, 3.8) is 0 Å². The van der Waals surface area contributed by atoms with Crippen molar-refractivity contribution in [1.29, 1.82) is 0 Å². The normalized spacial score (nSPS) is 11.3. The lowest BCUT2D eigenvalue weighted by Gasteiger charge is -2.09. The van der Waals surface area contributed by atoms with Gasteiger partial charge in [0.25, 0.3) is 5.91 Å². The van der Waals surface area contributed by atoms with E-state index in [-0.39, 0.29) is 17.5 Å². The Morgan fingerprint density at radius 2 is 1.91 bits per heavy atom. The van der Waals surface area contributed by atoms with Gasteiger partial charge in [-0.05, 0) is 43.7 Å². The van der Waals surface area contributed by atoms with E-state index in [1.807, 2.05) is 35.8 Å². The highest BCUT2D eigenvalue weighted by Crippen LogP contribution is 2.18. The van der Waals surface area contributed by atoms with Gasteiger partial charge < -0.3 is 9.88 Å². The molecule has 0 fully saturated rings. The number of halogens is 1. The molecule has 3 rings (SSSR count). The van der Waals surface area contributed by atoms with Crippen molar-refractivity contribution in [3.8, 4) is 0 Å². The zero-order valence-electron chi connectivity index (χ0n) is 18.0. The van der Waals surface area contributed by atoms with E-state index in [0.717, 1.165) is 17.1 Å². The molecule has 1 heterocycles. The van der Waals surface area contributed by atoms with Gasteiger partial charge in [-0.1, -0.05) is 47.7 Å².